The summed E-state index contributed by atoms with van der Waals surface area (Å²) < 4.78 is 45.2. The average Bonchev–Trinajstić information content (AvgIpc) is 2.93. The molecule has 0 bridgehead atoms. The fraction of sp³-hybridized carbons (Fsp3) is 0.625. The molecule has 0 radical (unpaired) electrons. The molecule has 0 spiro atoms. The summed E-state index contributed by atoms with van der Waals surface area (Å²) in [5.74, 6) is -0.637. The molecular weight excluding hydrogens is 325 g/mol. The van der Waals surface area contributed by atoms with Gasteiger partial charge in [0, 0.05) is 25.9 Å². The SMILES string of the molecule is CCCc1occc1C(=O)N1C[C@@H](NC(C)=O)CC[C@H]1C(F)(F)F. The van der Waals surface area contributed by atoms with Crippen LogP contribution in [0, 0.1) is 0 Å². The van der Waals surface area contributed by atoms with Gasteiger partial charge in [-0.2, -0.15) is 13.2 Å². The maximum absolute atomic E-state index is 13.3. The third kappa shape index (κ3) is 4.10. The summed E-state index contributed by atoms with van der Waals surface area (Å²) in [6.45, 7) is 3.03. The number of alkyl halides is 3. The second-order valence-electron chi connectivity index (χ2n) is 6.00. The van der Waals surface area contributed by atoms with Gasteiger partial charge in [0.15, 0.2) is 0 Å². The molecule has 2 heterocycles. The topological polar surface area (TPSA) is 62.6 Å². The molecular formula is C16H21F3N2O3. The minimum absolute atomic E-state index is 0.162. The van der Waals surface area contributed by atoms with Gasteiger partial charge in [0.25, 0.3) is 5.91 Å². The van der Waals surface area contributed by atoms with E-state index in [1.165, 1.54) is 19.3 Å². The number of rotatable bonds is 4. The largest absolute Gasteiger partial charge is 0.469 e. The van der Waals surface area contributed by atoms with Crippen LogP contribution >= 0.6 is 0 Å². The molecule has 1 fully saturated rings. The molecule has 1 saturated heterocycles. The number of carbonyl (C=O) groups excluding carboxylic acids is 2. The van der Waals surface area contributed by atoms with Crippen LogP contribution in [-0.4, -0.2) is 41.5 Å². The van der Waals surface area contributed by atoms with Crippen LogP contribution < -0.4 is 5.32 Å². The quantitative estimate of drug-likeness (QED) is 0.912. The van der Waals surface area contributed by atoms with Crippen LogP contribution in [0.3, 0.4) is 0 Å². The van der Waals surface area contributed by atoms with Crippen LogP contribution in [0.2, 0.25) is 0 Å². The monoisotopic (exact) mass is 346 g/mol. The van der Waals surface area contributed by atoms with Crippen LogP contribution in [0.1, 0.15) is 49.2 Å². The fourth-order valence-corrected chi connectivity index (χ4v) is 3.05. The number of halogens is 3. The van der Waals surface area contributed by atoms with E-state index in [1.807, 2.05) is 6.92 Å². The highest BCUT2D eigenvalue weighted by molar-refractivity contribution is 5.95. The first kappa shape index (κ1) is 18.4. The van der Waals surface area contributed by atoms with Gasteiger partial charge in [-0.05, 0) is 25.3 Å². The predicted octanol–water partition coefficient (Wildman–Crippen LogP) is 2.90. The number of hydrogen-bond acceptors (Lipinski definition) is 3. The third-order valence-corrected chi connectivity index (χ3v) is 4.08. The standard InChI is InChI=1S/C16H21F3N2O3/c1-3-4-13-12(7-8-24-13)15(23)21-9-11(20-10(2)22)5-6-14(21)16(17,18)19/h7-8,11,14H,3-6,9H2,1-2H3,(H,20,22)/t11-,14-/m0/s1. The Balaban J connectivity index is 2.27. The van der Waals surface area contributed by atoms with E-state index in [2.05, 4.69) is 5.32 Å². The van der Waals surface area contributed by atoms with Gasteiger partial charge in [0.2, 0.25) is 5.91 Å². The van der Waals surface area contributed by atoms with E-state index in [0.29, 0.717) is 18.6 Å². The normalized spacial score (nSPS) is 21.6. The zero-order valence-electron chi connectivity index (χ0n) is 13.7. The summed E-state index contributed by atoms with van der Waals surface area (Å²) in [7, 11) is 0. The lowest BCUT2D eigenvalue weighted by Crippen LogP contribution is -2.58. The van der Waals surface area contributed by atoms with Crippen molar-refractivity contribution in [1.29, 1.82) is 0 Å². The predicted molar refractivity (Wildman–Crippen MR) is 80.4 cm³/mol. The summed E-state index contributed by atoms with van der Waals surface area (Å²) in [4.78, 5) is 24.7. The van der Waals surface area contributed by atoms with Crippen LogP contribution in [0.4, 0.5) is 13.2 Å². The molecule has 2 rings (SSSR count). The number of likely N-dealkylation sites (tertiary alicyclic amines) is 1. The number of amides is 2. The summed E-state index contributed by atoms with van der Waals surface area (Å²) >= 11 is 0. The van der Waals surface area contributed by atoms with Gasteiger partial charge in [0.1, 0.15) is 11.8 Å². The Morgan fingerprint density at radius 3 is 2.67 bits per heavy atom. The Kier molecular flexibility index (Phi) is 5.56. The van der Waals surface area contributed by atoms with E-state index in [9.17, 15) is 22.8 Å². The van der Waals surface area contributed by atoms with Crippen LogP contribution in [0.25, 0.3) is 0 Å². The van der Waals surface area contributed by atoms with E-state index < -0.39 is 24.2 Å². The molecule has 0 saturated carbocycles. The average molecular weight is 346 g/mol. The lowest BCUT2D eigenvalue weighted by molar-refractivity contribution is -0.184. The van der Waals surface area contributed by atoms with Gasteiger partial charge < -0.3 is 14.6 Å². The van der Waals surface area contributed by atoms with Crippen molar-refractivity contribution in [2.45, 2.75) is 57.8 Å². The Morgan fingerprint density at radius 2 is 2.08 bits per heavy atom. The van der Waals surface area contributed by atoms with Crippen molar-refractivity contribution < 1.29 is 27.2 Å². The fourth-order valence-electron chi connectivity index (χ4n) is 3.05. The zero-order valence-corrected chi connectivity index (χ0v) is 13.7. The highest BCUT2D eigenvalue weighted by Gasteiger charge is 2.48. The number of piperidine rings is 1. The minimum atomic E-state index is -4.51. The minimum Gasteiger partial charge on any atom is -0.469 e. The van der Waals surface area contributed by atoms with Crippen LogP contribution in [0.15, 0.2) is 16.7 Å². The first-order valence-electron chi connectivity index (χ1n) is 7.95. The molecule has 0 aliphatic carbocycles. The Hall–Kier alpha value is -1.99. The summed E-state index contributed by atoms with van der Waals surface area (Å²) in [5, 5.41) is 2.60. The molecule has 0 unspecified atom stereocenters. The molecule has 134 valence electrons. The van der Waals surface area contributed by atoms with Gasteiger partial charge in [-0.1, -0.05) is 6.92 Å². The van der Waals surface area contributed by atoms with Gasteiger partial charge in [0.05, 0.1) is 11.8 Å². The van der Waals surface area contributed by atoms with Crippen LogP contribution in [0.5, 0.6) is 0 Å². The number of nitrogens with one attached hydrogen (secondary N) is 1. The van der Waals surface area contributed by atoms with E-state index in [-0.39, 0.29) is 30.9 Å². The van der Waals surface area contributed by atoms with Crippen molar-refractivity contribution in [3.05, 3.63) is 23.7 Å². The molecule has 1 N–H and O–H groups in total. The molecule has 2 atom stereocenters. The Bertz CT molecular complexity index is 598. The zero-order chi connectivity index (χ0) is 17.9. The molecule has 2 amide bonds. The molecule has 1 aliphatic heterocycles. The molecule has 24 heavy (non-hydrogen) atoms. The van der Waals surface area contributed by atoms with Gasteiger partial charge in [-0.3, -0.25) is 9.59 Å². The molecule has 1 aromatic rings. The van der Waals surface area contributed by atoms with Crippen molar-refractivity contribution in [3.63, 3.8) is 0 Å². The number of furan rings is 1. The second-order valence-corrected chi connectivity index (χ2v) is 6.00. The molecule has 1 aliphatic rings. The Morgan fingerprint density at radius 1 is 1.38 bits per heavy atom. The third-order valence-electron chi connectivity index (χ3n) is 4.08. The maximum Gasteiger partial charge on any atom is 0.408 e. The van der Waals surface area contributed by atoms with Crippen molar-refractivity contribution in [2.75, 3.05) is 6.54 Å². The highest BCUT2D eigenvalue weighted by Crippen LogP contribution is 2.33. The molecule has 5 nitrogen and oxygen atoms in total. The van der Waals surface area contributed by atoms with Crippen molar-refractivity contribution in [1.82, 2.24) is 10.2 Å². The molecule has 1 aromatic heterocycles. The van der Waals surface area contributed by atoms with Gasteiger partial charge >= 0.3 is 6.18 Å². The number of hydrogen-bond donors (Lipinski definition) is 1. The lowest BCUT2D eigenvalue weighted by atomic mass is 9.96. The van der Waals surface area contributed by atoms with E-state index in [1.54, 1.807) is 0 Å². The van der Waals surface area contributed by atoms with Crippen molar-refractivity contribution in [2.24, 2.45) is 0 Å². The van der Waals surface area contributed by atoms with Crippen molar-refractivity contribution >= 4 is 11.8 Å². The number of carbonyl (C=O) groups is 2. The van der Waals surface area contributed by atoms with E-state index in [4.69, 9.17) is 4.42 Å². The first-order chi connectivity index (χ1) is 11.2. The Labute approximate surface area is 138 Å². The molecule has 8 heteroatoms. The highest BCUT2D eigenvalue weighted by atomic mass is 19.4. The van der Waals surface area contributed by atoms with Crippen molar-refractivity contribution in [3.8, 4) is 0 Å². The second kappa shape index (κ2) is 7.27. The van der Waals surface area contributed by atoms with E-state index in [0.717, 1.165) is 4.90 Å². The maximum atomic E-state index is 13.3. The summed E-state index contributed by atoms with van der Waals surface area (Å²) in [6, 6.07) is -0.922. The van der Waals surface area contributed by atoms with Crippen LogP contribution in [-0.2, 0) is 11.2 Å². The van der Waals surface area contributed by atoms with Gasteiger partial charge in [-0.15, -0.1) is 0 Å². The smallest absolute Gasteiger partial charge is 0.408 e. The number of aryl methyl sites for hydroxylation is 1. The summed E-state index contributed by atoms with van der Waals surface area (Å²) in [5.41, 5.74) is 0.162. The number of nitrogens with zero attached hydrogens (tertiary/aromatic N) is 1. The van der Waals surface area contributed by atoms with E-state index >= 15 is 0 Å². The molecule has 0 aromatic carbocycles. The first-order valence-corrected chi connectivity index (χ1v) is 7.95. The van der Waals surface area contributed by atoms with Gasteiger partial charge in [-0.25, -0.2) is 0 Å². The lowest BCUT2D eigenvalue weighted by Gasteiger charge is -2.40. The summed E-state index contributed by atoms with van der Waals surface area (Å²) in [6.07, 6.45) is -2.05.